The van der Waals surface area contributed by atoms with Crippen LogP contribution in [0, 0.1) is 11.6 Å². The van der Waals surface area contributed by atoms with Gasteiger partial charge < -0.3 is 10.0 Å². The molecule has 0 unspecified atom stereocenters. The van der Waals surface area contributed by atoms with Crippen molar-refractivity contribution in [3.8, 4) is 5.75 Å². The Morgan fingerprint density at radius 1 is 1.03 bits per heavy atom. The highest BCUT2D eigenvalue weighted by atomic mass is 19.3. The van der Waals surface area contributed by atoms with E-state index in [2.05, 4.69) is 5.10 Å². The van der Waals surface area contributed by atoms with Crippen LogP contribution < -0.4 is 5.43 Å². The smallest absolute Gasteiger partial charge is 0.276 e. The van der Waals surface area contributed by atoms with Crippen LogP contribution in [0.4, 0.5) is 17.6 Å². The molecule has 0 aliphatic carbocycles. The van der Waals surface area contributed by atoms with Gasteiger partial charge in [-0.25, -0.2) is 17.6 Å². The maximum absolute atomic E-state index is 14.5. The van der Waals surface area contributed by atoms with Crippen LogP contribution in [-0.4, -0.2) is 44.2 Å². The van der Waals surface area contributed by atoms with Gasteiger partial charge in [0.1, 0.15) is 11.6 Å². The molecule has 3 heterocycles. The highest BCUT2D eigenvalue weighted by Gasteiger charge is 2.56. The number of hydrogen-bond donors (Lipinski definition) is 1. The minimum atomic E-state index is -3.23. The largest absolute Gasteiger partial charge is 0.502 e. The van der Waals surface area contributed by atoms with Crippen molar-refractivity contribution in [2.45, 2.75) is 30.3 Å². The Labute approximate surface area is 184 Å². The van der Waals surface area contributed by atoms with Crippen molar-refractivity contribution < 1.29 is 27.5 Å². The van der Waals surface area contributed by atoms with Gasteiger partial charge >= 0.3 is 0 Å². The molecule has 6 nitrogen and oxygen atoms in total. The normalized spacial score (nSPS) is 21.2. The molecule has 10 heteroatoms. The van der Waals surface area contributed by atoms with Crippen molar-refractivity contribution in [3.05, 3.63) is 93.4 Å². The van der Waals surface area contributed by atoms with Gasteiger partial charge in [0.15, 0.2) is 11.4 Å². The van der Waals surface area contributed by atoms with Crippen LogP contribution in [0.3, 0.4) is 0 Å². The molecule has 1 fully saturated rings. The van der Waals surface area contributed by atoms with Gasteiger partial charge in [0.05, 0.1) is 24.8 Å². The first kappa shape index (κ1) is 21.2. The fourth-order valence-electron chi connectivity index (χ4n) is 4.91. The second-order valence-corrected chi connectivity index (χ2v) is 8.29. The molecular weight excluding hydrogens is 442 g/mol. The lowest BCUT2D eigenvalue weighted by Gasteiger charge is -2.42. The molecule has 170 valence electrons. The van der Waals surface area contributed by atoms with E-state index in [0.717, 1.165) is 15.8 Å². The summed E-state index contributed by atoms with van der Waals surface area (Å²) < 4.78 is 58.5. The van der Waals surface area contributed by atoms with E-state index in [-0.39, 0.29) is 0 Å². The number of rotatable bonds is 3. The summed E-state index contributed by atoms with van der Waals surface area (Å²) in [5.74, 6) is -7.21. The Morgan fingerprint density at radius 3 is 2.21 bits per heavy atom. The molecule has 1 amide bonds. The molecule has 0 spiro atoms. The molecule has 3 aromatic rings. The molecular formula is C23H17F4N3O3. The van der Waals surface area contributed by atoms with Gasteiger partial charge in [-0.2, -0.15) is 5.10 Å². The summed E-state index contributed by atoms with van der Waals surface area (Å²) in [5, 5.41) is 14.4. The van der Waals surface area contributed by atoms with Gasteiger partial charge in [-0.15, -0.1) is 0 Å². The van der Waals surface area contributed by atoms with Crippen LogP contribution >= 0.6 is 0 Å². The number of carbonyl (C=O) groups excluding carboxylic acids is 1. The van der Waals surface area contributed by atoms with Gasteiger partial charge in [0.25, 0.3) is 11.8 Å². The fourth-order valence-corrected chi connectivity index (χ4v) is 4.91. The third kappa shape index (κ3) is 3.46. The Hall–Kier alpha value is -3.69. The van der Waals surface area contributed by atoms with E-state index in [1.54, 1.807) is 12.1 Å². The monoisotopic (exact) mass is 459 g/mol. The number of nitrogens with zero attached hydrogens (tertiary/aromatic N) is 3. The van der Waals surface area contributed by atoms with Gasteiger partial charge in [0, 0.05) is 12.3 Å². The van der Waals surface area contributed by atoms with Crippen LogP contribution in [0.5, 0.6) is 5.75 Å². The molecule has 2 aromatic carbocycles. The molecule has 2 atom stereocenters. The van der Waals surface area contributed by atoms with Crippen molar-refractivity contribution >= 4 is 5.91 Å². The van der Waals surface area contributed by atoms with Crippen molar-refractivity contribution in [3.63, 3.8) is 0 Å². The summed E-state index contributed by atoms with van der Waals surface area (Å²) in [6.07, 6.45) is 0.0780. The Morgan fingerprint density at radius 2 is 1.64 bits per heavy atom. The maximum Gasteiger partial charge on any atom is 0.276 e. The fraction of sp³-hybridized carbons (Fsp3) is 0.261. The standard InChI is InChI=1S/C23H17F4N3O3/c24-14-5-1-3-12(7-14)18(13-4-2-6-15(25)8-13)19-16-9-23(26,27)11-29(16)22(33)20-21(32)17(31)10-28-30(19)20/h1-8,10,16,18-19,32H,9,11H2/t16-,19-/m1/s1. The summed E-state index contributed by atoms with van der Waals surface area (Å²) in [6.45, 7) is -0.908. The average molecular weight is 459 g/mol. The third-order valence-electron chi connectivity index (χ3n) is 6.19. The third-order valence-corrected chi connectivity index (χ3v) is 6.19. The molecule has 1 aromatic heterocycles. The molecule has 0 radical (unpaired) electrons. The highest BCUT2D eigenvalue weighted by Crippen LogP contribution is 2.48. The van der Waals surface area contributed by atoms with E-state index >= 15 is 0 Å². The lowest BCUT2D eigenvalue weighted by molar-refractivity contribution is 0.0118. The number of hydrogen-bond acceptors (Lipinski definition) is 4. The zero-order valence-electron chi connectivity index (χ0n) is 17.0. The minimum absolute atomic E-state index is 0.334. The van der Waals surface area contributed by atoms with E-state index in [1.807, 2.05) is 0 Å². The van der Waals surface area contributed by atoms with E-state index in [1.165, 1.54) is 36.4 Å². The molecule has 5 rings (SSSR count). The van der Waals surface area contributed by atoms with Crippen molar-refractivity contribution in [2.24, 2.45) is 0 Å². The van der Waals surface area contributed by atoms with Gasteiger partial charge in [0.2, 0.25) is 5.43 Å². The van der Waals surface area contributed by atoms with Gasteiger partial charge in [-0.1, -0.05) is 24.3 Å². The molecule has 1 N–H and O–H groups in total. The van der Waals surface area contributed by atoms with E-state index in [0.29, 0.717) is 11.1 Å². The average Bonchev–Trinajstić information content (AvgIpc) is 3.08. The predicted molar refractivity (Wildman–Crippen MR) is 108 cm³/mol. The first-order valence-corrected chi connectivity index (χ1v) is 10.2. The molecule has 2 aliphatic heterocycles. The molecule has 0 bridgehead atoms. The molecule has 33 heavy (non-hydrogen) atoms. The van der Waals surface area contributed by atoms with Crippen LogP contribution in [0.25, 0.3) is 0 Å². The zero-order valence-corrected chi connectivity index (χ0v) is 17.0. The topological polar surface area (TPSA) is 75.4 Å². The van der Waals surface area contributed by atoms with E-state index < -0.39 is 71.3 Å². The number of aromatic hydroxyl groups is 1. The van der Waals surface area contributed by atoms with Crippen molar-refractivity contribution in [1.29, 1.82) is 0 Å². The first-order valence-electron chi connectivity index (χ1n) is 10.2. The first-order chi connectivity index (χ1) is 15.7. The number of carbonyl (C=O) groups is 1. The summed E-state index contributed by atoms with van der Waals surface area (Å²) in [5.41, 5.74) is -0.799. The minimum Gasteiger partial charge on any atom is -0.502 e. The SMILES string of the molecule is O=C1c2c(O)c(=O)cnn2[C@@H](C(c2cccc(F)c2)c2cccc(F)c2)[C@H]2CC(F)(F)CN12. The number of alkyl halides is 2. The number of benzene rings is 2. The van der Waals surface area contributed by atoms with Crippen LogP contribution in [0.1, 0.15) is 40.0 Å². The van der Waals surface area contributed by atoms with Crippen molar-refractivity contribution in [1.82, 2.24) is 14.7 Å². The number of fused-ring (bicyclic) bond motifs is 2. The number of aromatic nitrogens is 2. The maximum atomic E-state index is 14.5. The number of halogens is 4. The van der Waals surface area contributed by atoms with Crippen LogP contribution in [0.15, 0.2) is 59.5 Å². The number of amides is 1. The molecule has 2 aliphatic rings. The summed E-state index contributed by atoms with van der Waals surface area (Å²) in [6, 6.07) is 8.63. The van der Waals surface area contributed by atoms with Gasteiger partial charge in [-0.3, -0.25) is 14.3 Å². The lowest BCUT2D eigenvalue weighted by atomic mass is 9.79. The lowest BCUT2D eigenvalue weighted by Crippen LogP contribution is -2.51. The summed E-state index contributed by atoms with van der Waals surface area (Å²) >= 11 is 0. The zero-order chi connectivity index (χ0) is 23.5. The quantitative estimate of drug-likeness (QED) is 0.609. The van der Waals surface area contributed by atoms with E-state index in [9.17, 15) is 32.3 Å². The van der Waals surface area contributed by atoms with Crippen molar-refractivity contribution in [2.75, 3.05) is 6.54 Å². The highest BCUT2D eigenvalue weighted by molar-refractivity contribution is 5.96. The van der Waals surface area contributed by atoms with Crippen LogP contribution in [0.2, 0.25) is 0 Å². The Kier molecular flexibility index (Phi) is 4.77. The Balaban J connectivity index is 1.80. The second-order valence-electron chi connectivity index (χ2n) is 8.29. The Bertz CT molecular complexity index is 1280. The molecule has 0 saturated carbocycles. The summed E-state index contributed by atoms with van der Waals surface area (Å²) in [7, 11) is 0. The van der Waals surface area contributed by atoms with Gasteiger partial charge in [-0.05, 0) is 35.4 Å². The predicted octanol–water partition coefficient (Wildman–Crippen LogP) is 3.46. The summed E-state index contributed by atoms with van der Waals surface area (Å²) in [4.78, 5) is 25.9. The second kappa shape index (κ2) is 7.43. The molecule has 1 saturated heterocycles. The van der Waals surface area contributed by atoms with Crippen LogP contribution in [-0.2, 0) is 0 Å². The van der Waals surface area contributed by atoms with E-state index in [4.69, 9.17) is 0 Å².